The third-order valence-electron chi connectivity index (χ3n) is 3.45. The minimum atomic E-state index is -0.417. The molecule has 2 N–H and O–H groups in total. The SMILES string of the molecule is CC(C)c1ccc(CN(C)C(=O)[C@@H](N)C(C)C)cc1. The van der Waals surface area contributed by atoms with Gasteiger partial charge in [0.05, 0.1) is 6.04 Å². The Morgan fingerprint density at radius 1 is 1.16 bits per heavy atom. The van der Waals surface area contributed by atoms with Gasteiger partial charge < -0.3 is 10.6 Å². The molecule has 0 fully saturated rings. The zero-order chi connectivity index (χ0) is 14.6. The molecule has 106 valence electrons. The predicted molar refractivity (Wildman–Crippen MR) is 79.8 cm³/mol. The lowest BCUT2D eigenvalue weighted by atomic mass is 10.0. The largest absolute Gasteiger partial charge is 0.340 e. The third-order valence-corrected chi connectivity index (χ3v) is 3.45. The minimum absolute atomic E-state index is 0.00272. The summed E-state index contributed by atoms with van der Waals surface area (Å²) in [5.74, 6) is 0.698. The molecule has 3 heteroatoms. The highest BCUT2D eigenvalue weighted by Gasteiger charge is 2.20. The van der Waals surface area contributed by atoms with Crippen LogP contribution in [0, 0.1) is 5.92 Å². The van der Waals surface area contributed by atoms with Crippen LogP contribution in [0.3, 0.4) is 0 Å². The summed E-state index contributed by atoms with van der Waals surface area (Å²) >= 11 is 0. The molecule has 1 rings (SSSR count). The number of carbonyl (C=O) groups is 1. The molecule has 0 aliphatic rings. The van der Waals surface area contributed by atoms with Gasteiger partial charge in [-0.15, -0.1) is 0 Å². The van der Waals surface area contributed by atoms with Crippen LogP contribution >= 0.6 is 0 Å². The maximum Gasteiger partial charge on any atom is 0.239 e. The van der Waals surface area contributed by atoms with E-state index >= 15 is 0 Å². The molecule has 19 heavy (non-hydrogen) atoms. The summed E-state index contributed by atoms with van der Waals surface area (Å²) < 4.78 is 0. The second-order valence-electron chi connectivity index (χ2n) is 5.86. The van der Waals surface area contributed by atoms with Crippen LogP contribution in [0.2, 0.25) is 0 Å². The van der Waals surface area contributed by atoms with Crippen LogP contribution in [-0.4, -0.2) is 23.9 Å². The first kappa shape index (κ1) is 15.7. The van der Waals surface area contributed by atoms with Crippen LogP contribution < -0.4 is 5.73 Å². The lowest BCUT2D eigenvalue weighted by Crippen LogP contribution is -2.44. The average molecular weight is 262 g/mol. The molecule has 1 amide bonds. The quantitative estimate of drug-likeness (QED) is 0.887. The van der Waals surface area contributed by atoms with Crippen LogP contribution in [-0.2, 0) is 11.3 Å². The van der Waals surface area contributed by atoms with Gasteiger partial charge in [-0.2, -0.15) is 0 Å². The van der Waals surface area contributed by atoms with Crippen LogP contribution in [0.15, 0.2) is 24.3 Å². The van der Waals surface area contributed by atoms with Crippen molar-refractivity contribution in [2.24, 2.45) is 11.7 Å². The molecule has 0 saturated carbocycles. The molecule has 0 aromatic heterocycles. The number of hydrogen-bond acceptors (Lipinski definition) is 2. The molecule has 1 aromatic rings. The number of carbonyl (C=O) groups excluding carboxylic acids is 1. The highest BCUT2D eigenvalue weighted by atomic mass is 16.2. The molecule has 0 aliphatic carbocycles. The zero-order valence-electron chi connectivity index (χ0n) is 12.7. The smallest absolute Gasteiger partial charge is 0.239 e. The summed E-state index contributed by atoms with van der Waals surface area (Å²) in [6, 6.07) is 8.00. The van der Waals surface area contributed by atoms with E-state index in [1.54, 1.807) is 11.9 Å². The number of nitrogens with zero attached hydrogens (tertiary/aromatic N) is 1. The Morgan fingerprint density at radius 3 is 2.11 bits per heavy atom. The van der Waals surface area contributed by atoms with Crippen molar-refractivity contribution < 1.29 is 4.79 Å². The van der Waals surface area contributed by atoms with E-state index in [1.165, 1.54) is 5.56 Å². The van der Waals surface area contributed by atoms with Crippen LogP contribution in [0.1, 0.15) is 44.7 Å². The molecule has 0 aliphatic heterocycles. The standard InChI is InChI=1S/C16H26N2O/c1-11(2)14-8-6-13(7-9-14)10-18(5)16(19)15(17)12(3)4/h6-9,11-12,15H,10,17H2,1-5H3/t15-/m0/s1. The zero-order valence-corrected chi connectivity index (χ0v) is 12.7. The van der Waals surface area contributed by atoms with E-state index in [0.717, 1.165) is 5.56 Å². The van der Waals surface area contributed by atoms with Gasteiger partial charge in [-0.1, -0.05) is 52.0 Å². The van der Waals surface area contributed by atoms with E-state index in [-0.39, 0.29) is 11.8 Å². The fraction of sp³-hybridized carbons (Fsp3) is 0.562. The number of nitrogens with two attached hydrogens (primary N) is 1. The fourth-order valence-corrected chi connectivity index (χ4v) is 1.90. The first-order valence-corrected chi connectivity index (χ1v) is 6.92. The molecular formula is C16H26N2O. The maximum atomic E-state index is 12.1. The molecule has 0 saturated heterocycles. The van der Waals surface area contributed by atoms with Crippen molar-refractivity contribution in [2.45, 2.75) is 46.2 Å². The van der Waals surface area contributed by atoms with Crippen molar-refractivity contribution in [3.63, 3.8) is 0 Å². The summed E-state index contributed by atoms with van der Waals surface area (Å²) in [4.78, 5) is 13.8. The van der Waals surface area contributed by atoms with Gasteiger partial charge in [0.25, 0.3) is 0 Å². The number of hydrogen-bond donors (Lipinski definition) is 1. The Balaban J connectivity index is 2.66. The van der Waals surface area contributed by atoms with E-state index in [4.69, 9.17) is 5.73 Å². The lowest BCUT2D eigenvalue weighted by Gasteiger charge is -2.23. The Bertz CT molecular complexity index is 409. The topological polar surface area (TPSA) is 46.3 Å². The van der Waals surface area contributed by atoms with E-state index < -0.39 is 6.04 Å². The normalized spacial score (nSPS) is 12.8. The summed E-state index contributed by atoms with van der Waals surface area (Å²) in [6.07, 6.45) is 0. The first-order chi connectivity index (χ1) is 8.82. The maximum absolute atomic E-state index is 12.1. The van der Waals surface area contributed by atoms with Gasteiger partial charge in [0, 0.05) is 13.6 Å². The van der Waals surface area contributed by atoms with E-state index in [1.807, 2.05) is 13.8 Å². The van der Waals surface area contributed by atoms with Gasteiger partial charge in [0.15, 0.2) is 0 Å². The van der Waals surface area contributed by atoms with Gasteiger partial charge in [-0.05, 0) is 23.0 Å². The van der Waals surface area contributed by atoms with Crippen molar-refractivity contribution in [3.8, 4) is 0 Å². The monoisotopic (exact) mass is 262 g/mol. The Labute approximate surface area is 116 Å². The Morgan fingerprint density at radius 2 is 1.68 bits per heavy atom. The molecule has 0 bridgehead atoms. The summed E-state index contributed by atoms with van der Waals surface area (Å²) in [5, 5.41) is 0. The second-order valence-corrected chi connectivity index (χ2v) is 5.86. The van der Waals surface area contributed by atoms with Crippen LogP contribution in [0.5, 0.6) is 0 Å². The predicted octanol–water partition coefficient (Wildman–Crippen LogP) is 2.75. The molecule has 0 heterocycles. The van der Waals surface area contributed by atoms with Crippen molar-refractivity contribution in [2.75, 3.05) is 7.05 Å². The summed E-state index contributed by atoms with van der Waals surface area (Å²) in [7, 11) is 1.81. The highest BCUT2D eigenvalue weighted by molar-refractivity contribution is 5.81. The molecule has 0 spiro atoms. The molecule has 1 aromatic carbocycles. The van der Waals surface area contributed by atoms with E-state index in [9.17, 15) is 4.79 Å². The van der Waals surface area contributed by atoms with Crippen molar-refractivity contribution >= 4 is 5.91 Å². The van der Waals surface area contributed by atoms with Gasteiger partial charge in [-0.3, -0.25) is 4.79 Å². The molecular weight excluding hydrogens is 236 g/mol. The minimum Gasteiger partial charge on any atom is -0.340 e. The Hall–Kier alpha value is -1.35. The van der Waals surface area contributed by atoms with Crippen LogP contribution in [0.25, 0.3) is 0 Å². The van der Waals surface area contributed by atoms with Gasteiger partial charge in [0.1, 0.15) is 0 Å². The Kier molecular flexibility index (Phi) is 5.55. The molecule has 3 nitrogen and oxygen atoms in total. The number of rotatable bonds is 5. The van der Waals surface area contributed by atoms with Crippen molar-refractivity contribution in [1.82, 2.24) is 4.90 Å². The second kappa shape index (κ2) is 6.71. The van der Waals surface area contributed by atoms with Crippen LogP contribution in [0.4, 0.5) is 0 Å². The van der Waals surface area contributed by atoms with Crippen molar-refractivity contribution in [1.29, 1.82) is 0 Å². The number of benzene rings is 1. The lowest BCUT2D eigenvalue weighted by molar-refractivity contribution is -0.132. The number of likely N-dealkylation sites (N-methyl/N-ethyl adjacent to an activating group) is 1. The third kappa shape index (κ3) is 4.35. The number of amides is 1. The molecule has 0 radical (unpaired) electrons. The van der Waals surface area contributed by atoms with E-state index in [0.29, 0.717) is 12.5 Å². The van der Waals surface area contributed by atoms with Gasteiger partial charge in [0.2, 0.25) is 5.91 Å². The van der Waals surface area contributed by atoms with Gasteiger partial charge >= 0.3 is 0 Å². The van der Waals surface area contributed by atoms with Crippen molar-refractivity contribution in [3.05, 3.63) is 35.4 Å². The summed E-state index contributed by atoms with van der Waals surface area (Å²) in [6.45, 7) is 8.89. The summed E-state index contributed by atoms with van der Waals surface area (Å²) in [5.41, 5.74) is 8.34. The fourth-order valence-electron chi connectivity index (χ4n) is 1.90. The molecule has 1 atom stereocenters. The first-order valence-electron chi connectivity index (χ1n) is 6.92. The molecule has 0 unspecified atom stereocenters. The average Bonchev–Trinajstić information content (AvgIpc) is 2.37. The van der Waals surface area contributed by atoms with E-state index in [2.05, 4.69) is 38.1 Å². The highest BCUT2D eigenvalue weighted by Crippen LogP contribution is 2.15. The van der Waals surface area contributed by atoms with Gasteiger partial charge in [-0.25, -0.2) is 0 Å².